The molecule has 0 fully saturated rings. The minimum absolute atomic E-state index is 0.0662. The Hall–Kier alpha value is -3.41. The van der Waals surface area contributed by atoms with Crippen LogP contribution >= 0.6 is 0 Å². The van der Waals surface area contributed by atoms with E-state index in [1.165, 1.54) is 0 Å². The number of H-pyrrole nitrogens is 1. The highest BCUT2D eigenvalue weighted by Crippen LogP contribution is 2.06. The Kier molecular flexibility index (Phi) is 7.96. The third-order valence-corrected chi connectivity index (χ3v) is 3.90. The molecule has 0 saturated carbocycles. The van der Waals surface area contributed by atoms with Crippen LogP contribution in [0.1, 0.15) is 24.7 Å². The Labute approximate surface area is 164 Å². The Morgan fingerprint density at radius 1 is 1.14 bits per heavy atom. The summed E-state index contributed by atoms with van der Waals surface area (Å²) in [5.74, 6) is 0.452. The van der Waals surface area contributed by atoms with Gasteiger partial charge in [0.1, 0.15) is 5.82 Å². The molecule has 28 heavy (non-hydrogen) atoms. The number of carbonyl (C=O) groups is 1. The van der Waals surface area contributed by atoms with Crippen molar-refractivity contribution in [2.45, 2.75) is 26.2 Å². The summed E-state index contributed by atoms with van der Waals surface area (Å²) < 4.78 is 0. The van der Waals surface area contributed by atoms with Crippen LogP contribution in [0.3, 0.4) is 0 Å². The third-order valence-electron chi connectivity index (χ3n) is 3.90. The van der Waals surface area contributed by atoms with Crippen LogP contribution in [0.4, 0.5) is 0 Å². The number of benzene rings is 2. The topological polar surface area (TPSA) is 101 Å². The second kappa shape index (κ2) is 10.7. The first-order valence-electron chi connectivity index (χ1n) is 9.15. The molecule has 6 heteroatoms. The Balaban J connectivity index is 0.000000237. The molecule has 6 nitrogen and oxygen atoms in total. The van der Waals surface area contributed by atoms with E-state index in [4.69, 9.17) is 5.73 Å². The van der Waals surface area contributed by atoms with Crippen LogP contribution in [-0.2, 0) is 17.6 Å². The number of nitrogens with zero attached hydrogens (tertiary/aromatic N) is 1. The fourth-order valence-corrected chi connectivity index (χ4v) is 2.61. The smallest absolute Gasteiger partial charge is 0.258 e. The van der Waals surface area contributed by atoms with Gasteiger partial charge in [-0.1, -0.05) is 49.0 Å². The second-order valence-corrected chi connectivity index (χ2v) is 6.47. The van der Waals surface area contributed by atoms with Crippen molar-refractivity contribution in [2.75, 3.05) is 6.54 Å². The standard InChI is InChI=1S/C14H17N3O.C8H9NO/c1-10(2)15-9-5-8-13-16-12-7-4-3-6-11(12)14(18)17-13;9-8(10)6-7-4-2-1-3-5-7/h3-4,6-7,15H,1,5,8-9H2,2H3,(H,16,17,18);1-5H,6H2,(H2,9,10). The van der Waals surface area contributed by atoms with E-state index < -0.39 is 0 Å². The van der Waals surface area contributed by atoms with Crippen molar-refractivity contribution in [3.8, 4) is 0 Å². The fourth-order valence-electron chi connectivity index (χ4n) is 2.61. The summed E-state index contributed by atoms with van der Waals surface area (Å²) in [5.41, 5.74) is 7.59. The van der Waals surface area contributed by atoms with Crippen LogP contribution in [0.25, 0.3) is 10.9 Å². The lowest BCUT2D eigenvalue weighted by molar-refractivity contribution is -0.117. The van der Waals surface area contributed by atoms with E-state index in [0.29, 0.717) is 11.8 Å². The van der Waals surface area contributed by atoms with Gasteiger partial charge in [-0.3, -0.25) is 9.59 Å². The van der Waals surface area contributed by atoms with Gasteiger partial charge in [-0.15, -0.1) is 0 Å². The first-order valence-corrected chi connectivity index (χ1v) is 9.15. The number of aromatic nitrogens is 2. The maximum absolute atomic E-state index is 11.8. The first-order chi connectivity index (χ1) is 13.5. The zero-order chi connectivity index (χ0) is 20.4. The van der Waals surface area contributed by atoms with Crippen LogP contribution in [0.2, 0.25) is 0 Å². The molecule has 1 heterocycles. The predicted molar refractivity (Wildman–Crippen MR) is 113 cm³/mol. The zero-order valence-corrected chi connectivity index (χ0v) is 16.1. The Morgan fingerprint density at radius 2 is 1.82 bits per heavy atom. The van der Waals surface area contributed by atoms with Crippen LogP contribution in [0, 0.1) is 0 Å². The van der Waals surface area contributed by atoms with Gasteiger partial charge in [0.05, 0.1) is 17.3 Å². The molecule has 146 valence electrons. The molecule has 4 N–H and O–H groups in total. The lowest BCUT2D eigenvalue weighted by Crippen LogP contribution is -2.15. The van der Waals surface area contributed by atoms with Crippen molar-refractivity contribution in [1.82, 2.24) is 15.3 Å². The molecule has 0 aliphatic carbocycles. The number of para-hydroxylation sites is 1. The number of hydrogen-bond acceptors (Lipinski definition) is 4. The summed E-state index contributed by atoms with van der Waals surface area (Å²) in [7, 11) is 0. The van der Waals surface area contributed by atoms with Gasteiger partial charge < -0.3 is 16.0 Å². The number of aromatic amines is 1. The molecule has 0 aliphatic rings. The number of rotatable bonds is 7. The zero-order valence-electron chi connectivity index (χ0n) is 16.1. The minimum atomic E-state index is -0.286. The summed E-state index contributed by atoms with van der Waals surface area (Å²) in [6.45, 7) is 6.54. The molecule has 0 saturated heterocycles. The van der Waals surface area contributed by atoms with E-state index >= 15 is 0 Å². The maximum Gasteiger partial charge on any atom is 0.258 e. The summed E-state index contributed by atoms with van der Waals surface area (Å²) in [4.78, 5) is 29.5. The molecule has 1 aromatic heterocycles. The van der Waals surface area contributed by atoms with Crippen molar-refractivity contribution < 1.29 is 4.79 Å². The molecular formula is C22H26N4O2. The van der Waals surface area contributed by atoms with Crippen LogP contribution < -0.4 is 16.6 Å². The maximum atomic E-state index is 11.8. The molecule has 0 bridgehead atoms. The number of fused-ring (bicyclic) bond motifs is 1. The van der Waals surface area contributed by atoms with Crippen molar-refractivity contribution in [3.05, 3.63) is 88.6 Å². The van der Waals surface area contributed by atoms with Crippen molar-refractivity contribution in [2.24, 2.45) is 5.73 Å². The first kappa shape index (κ1) is 20.9. The number of nitrogens with two attached hydrogens (primary N) is 1. The summed E-state index contributed by atoms with van der Waals surface area (Å²) in [5, 5.41) is 3.79. The summed E-state index contributed by atoms with van der Waals surface area (Å²) in [6, 6.07) is 16.8. The van der Waals surface area contributed by atoms with Gasteiger partial charge in [0, 0.05) is 18.7 Å². The summed E-state index contributed by atoms with van der Waals surface area (Å²) in [6.07, 6.45) is 2.00. The number of primary amides is 1. The second-order valence-electron chi connectivity index (χ2n) is 6.47. The average Bonchev–Trinajstić information content (AvgIpc) is 2.66. The third kappa shape index (κ3) is 7.07. The van der Waals surface area contributed by atoms with Gasteiger partial charge in [-0.2, -0.15) is 0 Å². The molecule has 2 aromatic carbocycles. The molecule has 0 unspecified atom stereocenters. The van der Waals surface area contributed by atoms with E-state index in [9.17, 15) is 9.59 Å². The van der Waals surface area contributed by atoms with Gasteiger partial charge >= 0.3 is 0 Å². The Morgan fingerprint density at radius 3 is 2.50 bits per heavy atom. The lowest BCUT2D eigenvalue weighted by atomic mass is 10.1. The van der Waals surface area contributed by atoms with Gasteiger partial charge in [0.2, 0.25) is 5.91 Å². The van der Waals surface area contributed by atoms with Gasteiger partial charge in [0.15, 0.2) is 0 Å². The highest BCUT2D eigenvalue weighted by Gasteiger charge is 2.02. The molecule has 0 atom stereocenters. The predicted octanol–water partition coefficient (Wildman–Crippen LogP) is 2.69. The van der Waals surface area contributed by atoms with Crippen molar-refractivity contribution in [3.63, 3.8) is 0 Å². The molecular weight excluding hydrogens is 352 g/mol. The van der Waals surface area contributed by atoms with E-state index in [2.05, 4.69) is 21.9 Å². The monoisotopic (exact) mass is 378 g/mol. The van der Waals surface area contributed by atoms with Gasteiger partial charge in [-0.05, 0) is 31.0 Å². The average molecular weight is 378 g/mol. The molecule has 0 spiro atoms. The van der Waals surface area contributed by atoms with Crippen LogP contribution in [-0.4, -0.2) is 22.4 Å². The fraction of sp³-hybridized carbons (Fsp3) is 0.227. The molecule has 1 amide bonds. The highest BCUT2D eigenvalue weighted by atomic mass is 16.1. The number of aryl methyl sites for hydroxylation is 1. The van der Waals surface area contributed by atoms with E-state index in [0.717, 1.165) is 42.0 Å². The van der Waals surface area contributed by atoms with Gasteiger partial charge in [0.25, 0.3) is 5.56 Å². The minimum Gasteiger partial charge on any atom is -0.389 e. The quantitative estimate of drug-likeness (QED) is 0.550. The largest absolute Gasteiger partial charge is 0.389 e. The normalized spacial score (nSPS) is 10.0. The molecule has 0 radical (unpaired) electrons. The number of amides is 1. The van der Waals surface area contributed by atoms with Crippen molar-refractivity contribution in [1.29, 1.82) is 0 Å². The number of allylic oxidation sites excluding steroid dienone is 1. The lowest BCUT2D eigenvalue weighted by Gasteiger charge is -2.05. The molecule has 3 rings (SSSR count). The molecule has 0 aliphatic heterocycles. The summed E-state index contributed by atoms with van der Waals surface area (Å²) >= 11 is 0. The van der Waals surface area contributed by atoms with Crippen molar-refractivity contribution >= 4 is 16.8 Å². The highest BCUT2D eigenvalue weighted by molar-refractivity contribution is 5.77. The van der Waals surface area contributed by atoms with E-state index in [1.54, 1.807) is 6.07 Å². The van der Waals surface area contributed by atoms with Gasteiger partial charge in [-0.25, -0.2) is 4.98 Å². The number of carbonyl (C=O) groups excluding carboxylic acids is 1. The van der Waals surface area contributed by atoms with E-state index in [-0.39, 0.29) is 11.5 Å². The molecule has 3 aromatic rings. The van der Waals surface area contributed by atoms with Crippen LogP contribution in [0.5, 0.6) is 0 Å². The van der Waals surface area contributed by atoms with E-state index in [1.807, 2.05) is 55.5 Å². The van der Waals surface area contributed by atoms with Crippen LogP contribution in [0.15, 0.2) is 71.7 Å². The number of nitrogens with one attached hydrogen (secondary N) is 2. The number of hydrogen-bond donors (Lipinski definition) is 3. The SMILES string of the molecule is C=C(C)NCCCc1nc2ccccc2c(=O)[nH]1.NC(=O)Cc1ccccc1. The Bertz CT molecular complexity index is 980.